The summed E-state index contributed by atoms with van der Waals surface area (Å²) in [5, 5.41) is 3.57. The zero-order chi connectivity index (χ0) is 19.8. The third-order valence-corrected chi connectivity index (χ3v) is 13.9. The number of hydrogen-bond donors (Lipinski definition) is 0. The van der Waals surface area contributed by atoms with E-state index in [1.54, 1.807) is 11.3 Å². The zero-order valence-corrected chi connectivity index (χ0v) is 19.4. The molecule has 0 unspecified atom stereocenters. The van der Waals surface area contributed by atoms with Crippen LogP contribution in [0.5, 0.6) is 0 Å². The first-order valence-corrected chi connectivity index (χ1v) is 13.6. The van der Waals surface area contributed by atoms with Gasteiger partial charge in [0.15, 0.2) is 0 Å². The van der Waals surface area contributed by atoms with E-state index in [1.165, 1.54) is 20.8 Å². The molecule has 5 rings (SSSR count). The maximum absolute atomic E-state index is 8.12. The van der Waals surface area contributed by atoms with Crippen molar-refractivity contribution in [3.63, 3.8) is 0 Å². The third-order valence-electron chi connectivity index (χ3n) is 5.49. The summed E-state index contributed by atoms with van der Waals surface area (Å²) in [6.07, 6.45) is 6.69. The quantitative estimate of drug-likeness (QED) is 0.288. The van der Waals surface area contributed by atoms with Crippen LogP contribution in [0.4, 0.5) is 0 Å². The van der Waals surface area contributed by atoms with Gasteiger partial charge in [-0.25, -0.2) is 0 Å². The van der Waals surface area contributed by atoms with E-state index in [-0.39, 0.29) is 12.4 Å². The van der Waals surface area contributed by atoms with Crippen LogP contribution >= 0.6 is 40.9 Å². The van der Waals surface area contributed by atoms with Crippen molar-refractivity contribution < 1.29 is 0 Å². The van der Waals surface area contributed by atoms with Crippen molar-refractivity contribution in [2.75, 3.05) is 0 Å². The van der Waals surface area contributed by atoms with Crippen molar-refractivity contribution in [1.29, 1.82) is 0 Å². The third kappa shape index (κ3) is 3.27. The molecule has 0 aliphatic rings. The van der Waals surface area contributed by atoms with Gasteiger partial charge in [-0.1, -0.05) is 0 Å². The van der Waals surface area contributed by atoms with Gasteiger partial charge in [0.25, 0.3) is 0 Å². The van der Waals surface area contributed by atoms with Crippen molar-refractivity contribution in [2.24, 2.45) is 0 Å². The van der Waals surface area contributed by atoms with Gasteiger partial charge in [0, 0.05) is 0 Å². The number of rotatable bonds is 5. The second kappa shape index (κ2) is 8.17. The standard InChI is InChI=1S/C24H20ClN2PS.ClH/c25-28(20-10-4-1-5-11-20,21-12-6-2-7-13-21,22-14-8-3-9-15-22)18-23-17-27-19-26-16-24(27)29-23;/h1-17,19H,18H2;1H. The molecule has 6 heteroatoms. The van der Waals surface area contributed by atoms with Crippen LogP contribution in [-0.4, -0.2) is 9.38 Å². The van der Waals surface area contributed by atoms with E-state index < -0.39 is 5.96 Å². The zero-order valence-electron chi connectivity index (χ0n) is 16.1. The normalized spacial score (nSPS) is 12.8. The summed E-state index contributed by atoms with van der Waals surface area (Å²) in [6, 6.07) is 31.8. The number of hydrogen-bond acceptors (Lipinski definition) is 2. The Kier molecular flexibility index (Phi) is 5.74. The van der Waals surface area contributed by atoms with Gasteiger partial charge in [0.1, 0.15) is 0 Å². The van der Waals surface area contributed by atoms with Crippen molar-refractivity contribution in [3.05, 3.63) is 115 Å². The van der Waals surface area contributed by atoms with Crippen LogP contribution in [0.3, 0.4) is 0 Å². The number of imidazole rings is 1. The SMILES string of the molecule is Cl.ClP(Cc1cn2cncc2s1)(c1ccccc1)(c1ccccc1)c1ccccc1. The molecule has 0 aliphatic carbocycles. The first-order chi connectivity index (χ1) is 14.2. The number of nitrogens with zero attached hydrogens (tertiary/aromatic N) is 2. The van der Waals surface area contributed by atoms with Crippen molar-refractivity contribution in [3.8, 4) is 0 Å². The van der Waals surface area contributed by atoms with Crippen LogP contribution in [0.15, 0.2) is 110 Å². The predicted octanol–water partition coefficient (Wildman–Crippen LogP) is 6.00. The summed E-state index contributed by atoms with van der Waals surface area (Å²) in [7, 11) is 0. The Hall–Kier alpha value is -2.16. The van der Waals surface area contributed by atoms with Crippen LogP contribution in [0, 0.1) is 0 Å². The van der Waals surface area contributed by atoms with E-state index in [1.807, 2.05) is 12.5 Å². The summed E-state index contributed by atoms with van der Waals surface area (Å²) in [5.74, 6) is -3.27. The monoisotopic (exact) mass is 470 g/mol. The summed E-state index contributed by atoms with van der Waals surface area (Å²) >= 11 is 9.88. The molecule has 0 amide bonds. The van der Waals surface area contributed by atoms with E-state index in [0.717, 1.165) is 11.0 Å². The minimum atomic E-state index is -3.27. The van der Waals surface area contributed by atoms with Gasteiger partial charge in [-0.15, -0.1) is 12.4 Å². The fourth-order valence-electron chi connectivity index (χ4n) is 4.09. The Morgan fingerprint density at radius 3 is 1.67 bits per heavy atom. The van der Waals surface area contributed by atoms with Gasteiger partial charge in [0.2, 0.25) is 0 Å². The summed E-state index contributed by atoms with van der Waals surface area (Å²) < 4.78 is 2.08. The Morgan fingerprint density at radius 1 is 0.767 bits per heavy atom. The number of benzene rings is 3. The average molecular weight is 471 g/mol. The number of thiazole rings is 1. The summed E-state index contributed by atoms with van der Waals surface area (Å²) in [5.41, 5.74) is 0. The van der Waals surface area contributed by atoms with Gasteiger partial charge in [-0.05, 0) is 0 Å². The molecule has 0 bridgehead atoms. The van der Waals surface area contributed by atoms with E-state index in [4.69, 9.17) is 11.2 Å². The second-order valence-corrected chi connectivity index (χ2v) is 14.8. The molecule has 2 aromatic heterocycles. The molecular formula is C24H21Cl2N2PS. The molecule has 0 atom stereocenters. The van der Waals surface area contributed by atoms with Crippen LogP contribution in [0.25, 0.3) is 4.83 Å². The van der Waals surface area contributed by atoms with Crippen molar-refractivity contribution >= 4 is 61.7 Å². The molecule has 30 heavy (non-hydrogen) atoms. The maximum atomic E-state index is 8.12. The van der Waals surface area contributed by atoms with Crippen LogP contribution in [-0.2, 0) is 6.16 Å². The molecule has 5 aromatic rings. The number of halogens is 2. The molecule has 0 spiro atoms. The second-order valence-electron chi connectivity index (χ2n) is 7.18. The van der Waals surface area contributed by atoms with Crippen LogP contribution in [0.2, 0.25) is 0 Å². The number of fused-ring (bicyclic) bond motifs is 1. The van der Waals surface area contributed by atoms with Gasteiger partial charge >= 0.3 is 179 Å². The molecule has 0 saturated heterocycles. The van der Waals surface area contributed by atoms with Gasteiger partial charge < -0.3 is 0 Å². The molecular weight excluding hydrogens is 450 g/mol. The first-order valence-electron chi connectivity index (χ1n) is 9.48. The predicted molar refractivity (Wildman–Crippen MR) is 135 cm³/mol. The average Bonchev–Trinajstić information content (AvgIpc) is 3.37. The van der Waals surface area contributed by atoms with Crippen LogP contribution in [0.1, 0.15) is 4.88 Å². The Labute approximate surface area is 191 Å². The first kappa shape index (κ1) is 21.1. The number of aromatic nitrogens is 2. The minimum absolute atomic E-state index is 0. The Bertz CT molecular complexity index is 1130. The molecule has 0 N–H and O–H groups in total. The molecule has 0 fully saturated rings. The molecule has 152 valence electrons. The molecule has 0 radical (unpaired) electrons. The van der Waals surface area contributed by atoms with E-state index in [9.17, 15) is 0 Å². The molecule has 0 aliphatic heterocycles. The van der Waals surface area contributed by atoms with E-state index >= 15 is 0 Å². The van der Waals surface area contributed by atoms with Gasteiger partial charge in [-0.2, -0.15) is 0 Å². The molecule has 0 saturated carbocycles. The van der Waals surface area contributed by atoms with E-state index in [2.05, 4.69) is 107 Å². The summed E-state index contributed by atoms with van der Waals surface area (Å²) in [6.45, 7) is 0. The Balaban J connectivity index is 0.00000218. The van der Waals surface area contributed by atoms with Gasteiger partial charge in [-0.3, -0.25) is 0 Å². The molecule has 3 aromatic carbocycles. The van der Waals surface area contributed by atoms with Crippen LogP contribution < -0.4 is 15.9 Å². The topological polar surface area (TPSA) is 17.3 Å². The Morgan fingerprint density at radius 2 is 1.23 bits per heavy atom. The van der Waals surface area contributed by atoms with E-state index in [0.29, 0.717) is 0 Å². The van der Waals surface area contributed by atoms with Gasteiger partial charge in [0.05, 0.1) is 0 Å². The molecule has 2 nitrogen and oxygen atoms in total. The fraction of sp³-hybridized carbons (Fsp3) is 0.0417. The molecule has 2 heterocycles. The van der Waals surface area contributed by atoms with Crippen molar-refractivity contribution in [1.82, 2.24) is 9.38 Å². The summed E-state index contributed by atoms with van der Waals surface area (Å²) in [4.78, 5) is 6.63. The fourth-order valence-corrected chi connectivity index (χ4v) is 12.0. The van der Waals surface area contributed by atoms with Crippen molar-refractivity contribution in [2.45, 2.75) is 6.16 Å².